The molecule has 0 aliphatic carbocycles. The molecule has 1 aromatic heterocycles. The van der Waals surface area contributed by atoms with Gasteiger partial charge in [-0.2, -0.15) is 0 Å². The zero-order valence-electron chi connectivity index (χ0n) is 13.5. The molecule has 0 bridgehead atoms. The number of furan rings is 1. The number of amides is 1. The molecule has 1 atom stereocenters. The number of ether oxygens (including phenoxy) is 1. The number of hydrogen-bond donors (Lipinski definition) is 1. The van der Waals surface area contributed by atoms with E-state index < -0.39 is 18.0 Å². The van der Waals surface area contributed by atoms with Gasteiger partial charge in [-0.3, -0.25) is 4.79 Å². The number of carbonyl (C=O) groups is 2. The van der Waals surface area contributed by atoms with E-state index >= 15 is 0 Å². The third kappa shape index (κ3) is 6.54. The molecule has 1 aromatic carbocycles. The lowest BCUT2D eigenvalue weighted by molar-refractivity contribution is -0.150. The molecule has 0 fully saturated rings. The molecule has 5 nitrogen and oxygen atoms in total. The molecule has 0 saturated heterocycles. The van der Waals surface area contributed by atoms with Crippen molar-refractivity contribution in [1.82, 2.24) is 5.32 Å². The molecule has 7 heteroatoms. The molecule has 2 rings (SSSR count). The van der Waals surface area contributed by atoms with Crippen LogP contribution in [0.2, 0.25) is 0 Å². The largest absolute Gasteiger partial charge is 0.450 e. The van der Waals surface area contributed by atoms with Gasteiger partial charge in [0, 0.05) is 12.6 Å². The standard InChI is InChI=1S/C18H17BrFNO4/c1-12(24-17(22)9-7-15-6-8-16(19)25-15)18(23)21-11-10-13-2-4-14(20)5-3-13/h2-9,12H,10-11H2,1H3,(H,21,23)/b9-7+/t12-/m0/s1. The van der Waals surface area contributed by atoms with E-state index in [1.54, 1.807) is 24.3 Å². The van der Waals surface area contributed by atoms with Gasteiger partial charge in [-0.15, -0.1) is 0 Å². The summed E-state index contributed by atoms with van der Waals surface area (Å²) in [6.45, 7) is 1.85. The second-order valence-corrected chi connectivity index (χ2v) is 6.00. The van der Waals surface area contributed by atoms with Crippen LogP contribution in [0, 0.1) is 5.82 Å². The van der Waals surface area contributed by atoms with Gasteiger partial charge in [0.25, 0.3) is 5.91 Å². The summed E-state index contributed by atoms with van der Waals surface area (Å²) < 4.78 is 23.6. The van der Waals surface area contributed by atoms with Crippen molar-refractivity contribution in [2.24, 2.45) is 0 Å². The van der Waals surface area contributed by atoms with Crippen LogP contribution >= 0.6 is 15.9 Å². The summed E-state index contributed by atoms with van der Waals surface area (Å²) >= 11 is 3.15. The fraction of sp³-hybridized carbons (Fsp3) is 0.222. The molecular weight excluding hydrogens is 393 g/mol. The van der Waals surface area contributed by atoms with E-state index in [-0.39, 0.29) is 5.82 Å². The fourth-order valence-electron chi connectivity index (χ4n) is 1.96. The highest BCUT2D eigenvalue weighted by atomic mass is 79.9. The first-order chi connectivity index (χ1) is 11.9. The lowest BCUT2D eigenvalue weighted by Gasteiger charge is -2.12. The SMILES string of the molecule is C[C@H](OC(=O)/C=C/c1ccc(Br)o1)C(=O)NCCc1ccc(F)cc1. The third-order valence-electron chi connectivity index (χ3n) is 3.27. The smallest absolute Gasteiger partial charge is 0.331 e. The third-order valence-corrected chi connectivity index (χ3v) is 3.69. The lowest BCUT2D eigenvalue weighted by atomic mass is 10.1. The highest BCUT2D eigenvalue weighted by Gasteiger charge is 2.15. The lowest BCUT2D eigenvalue weighted by Crippen LogP contribution is -2.36. The Hall–Kier alpha value is -2.41. The van der Waals surface area contributed by atoms with E-state index in [0.717, 1.165) is 5.56 Å². The van der Waals surface area contributed by atoms with Crippen molar-refractivity contribution >= 4 is 33.9 Å². The van der Waals surface area contributed by atoms with Crippen molar-refractivity contribution in [2.75, 3.05) is 6.54 Å². The Morgan fingerprint density at radius 1 is 1.28 bits per heavy atom. The van der Waals surface area contributed by atoms with Crippen molar-refractivity contribution in [3.05, 3.63) is 64.3 Å². The minimum atomic E-state index is -0.922. The summed E-state index contributed by atoms with van der Waals surface area (Å²) in [7, 11) is 0. The monoisotopic (exact) mass is 409 g/mol. The van der Waals surface area contributed by atoms with Crippen LogP contribution in [0.15, 0.2) is 51.6 Å². The van der Waals surface area contributed by atoms with Gasteiger partial charge < -0.3 is 14.5 Å². The van der Waals surface area contributed by atoms with Crippen LogP contribution in [-0.2, 0) is 20.7 Å². The molecule has 1 N–H and O–H groups in total. The topological polar surface area (TPSA) is 68.5 Å². The van der Waals surface area contributed by atoms with E-state index in [1.165, 1.54) is 31.2 Å². The van der Waals surface area contributed by atoms with Crippen molar-refractivity contribution in [2.45, 2.75) is 19.4 Å². The summed E-state index contributed by atoms with van der Waals surface area (Å²) in [5.74, 6) is -0.859. The normalized spacial score (nSPS) is 12.1. The molecule has 25 heavy (non-hydrogen) atoms. The molecule has 0 aliphatic rings. The predicted molar refractivity (Wildman–Crippen MR) is 94.1 cm³/mol. The van der Waals surface area contributed by atoms with E-state index in [2.05, 4.69) is 21.2 Å². The van der Waals surface area contributed by atoms with Gasteiger partial charge in [0.2, 0.25) is 0 Å². The maximum atomic E-state index is 12.8. The summed E-state index contributed by atoms with van der Waals surface area (Å²) in [4.78, 5) is 23.6. The molecule has 1 heterocycles. The summed E-state index contributed by atoms with van der Waals surface area (Å²) in [5.41, 5.74) is 0.902. The molecule has 0 unspecified atom stereocenters. The fourth-order valence-corrected chi connectivity index (χ4v) is 2.28. The molecule has 1 amide bonds. The Bertz CT molecular complexity index is 755. The van der Waals surface area contributed by atoms with Crippen molar-refractivity contribution in [3.8, 4) is 0 Å². The Morgan fingerprint density at radius 2 is 2.00 bits per heavy atom. The molecule has 0 radical (unpaired) electrons. The second-order valence-electron chi connectivity index (χ2n) is 5.22. The van der Waals surface area contributed by atoms with Crippen LogP contribution in [0.1, 0.15) is 18.2 Å². The number of hydrogen-bond acceptors (Lipinski definition) is 4. The van der Waals surface area contributed by atoms with Crippen LogP contribution < -0.4 is 5.32 Å². The number of carbonyl (C=O) groups excluding carboxylic acids is 2. The first-order valence-electron chi connectivity index (χ1n) is 7.60. The number of esters is 1. The van der Waals surface area contributed by atoms with Gasteiger partial charge in [-0.05, 0) is 65.2 Å². The van der Waals surface area contributed by atoms with Crippen molar-refractivity contribution in [1.29, 1.82) is 0 Å². The number of benzene rings is 1. The zero-order valence-corrected chi connectivity index (χ0v) is 15.1. The molecule has 0 spiro atoms. The molecule has 0 saturated carbocycles. The second kappa shape index (κ2) is 9.17. The quantitative estimate of drug-likeness (QED) is 0.561. The van der Waals surface area contributed by atoms with E-state index in [0.29, 0.717) is 23.4 Å². The number of nitrogens with one attached hydrogen (secondary N) is 1. The average molecular weight is 410 g/mol. The Morgan fingerprint density at radius 3 is 2.64 bits per heavy atom. The number of halogens is 2. The van der Waals surface area contributed by atoms with Gasteiger partial charge in [-0.25, -0.2) is 9.18 Å². The van der Waals surface area contributed by atoms with E-state index in [9.17, 15) is 14.0 Å². The van der Waals surface area contributed by atoms with Crippen LogP contribution in [-0.4, -0.2) is 24.5 Å². The Kier molecular flexibility index (Phi) is 6.94. The first-order valence-corrected chi connectivity index (χ1v) is 8.39. The van der Waals surface area contributed by atoms with Gasteiger partial charge in [0.1, 0.15) is 11.6 Å². The minimum Gasteiger partial charge on any atom is -0.450 e. The Balaban J connectivity index is 1.72. The summed E-state index contributed by atoms with van der Waals surface area (Å²) in [6.07, 6.45) is 2.27. The van der Waals surface area contributed by atoms with Gasteiger partial charge >= 0.3 is 5.97 Å². The van der Waals surface area contributed by atoms with E-state index in [4.69, 9.17) is 9.15 Å². The van der Waals surface area contributed by atoms with Crippen LogP contribution in [0.25, 0.3) is 6.08 Å². The maximum absolute atomic E-state index is 12.8. The van der Waals surface area contributed by atoms with Crippen molar-refractivity contribution < 1.29 is 23.1 Å². The molecular formula is C18H17BrFNO4. The van der Waals surface area contributed by atoms with Crippen LogP contribution in [0.5, 0.6) is 0 Å². The summed E-state index contributed by atoms with van der Waals surface area (Å²) in [6, 6.07) is 9.42. The van der Waals surface area contributed by atoms with Crippen LogP contribution in [0.4, 0.5) is 4.39 Å². The van der Waals surface area contributed by atoms with Gasteiger partial charge in [-0.1, -0.05) is 12.1 Å². The zero-order chi connectivity index (χ0) is 18.2. The highest BCUT2D eigenvalue weighted by molar-refractivity contribution is 9.10. The predicted octanol–water partition coefficient (Wildman–Crippen LogP) is 3.49. The summed E-state index contributed by atoms with van der Waals surface area (Å²) in [5, 5.41) is 2.67. The van der Waals surface area contributed by atoms with Gasteiger partial charge in [0.15, 0.2) is 10.8 Å². The molecule has 132 valence electrons. The van der Waals surface area contributed by atoms with Crippen molar-refractivity contribution in [3.63, 3.8) is 0 Å². The highest BCUT2D eigenvalue weighted by Crippen LogP contribution is 2.15. The minimum absolute atomic E-state index is 0.303. The first kappa shape index (κ1) is 18.9. The molecule has 0 aliphatic heterocycles. The van der Waals surface area contributed by atoms with Crippen LogP contribution in [0.3, 0.4) is 0 Å². The molecule has 2 aromatic rings. The van der Waals surface area contributed by atoms with Gasteiger partial charge in [0.05, 0.1) is 0 Å². The van der Waals surface area contributed by atoms with E-state index in [1.807, 2.05) is 0 Å². The Labute approximate surface area is 153 Å². The number of rotatable bonds is 7. The average Bonchev–Trinajstić information content (AvgIpc) is 3.00. The maximum Gasteiger partial charge on any atom is 0.331 e.